The first-order valence-electron chi connectivity index (χ1n) is 7.00. The van der Waals surface area contributed by atoms with Crippen molar-refractivity contribution >= 4 is 5.91 Å². The highest BCUT2D eigenvalue weighted by Crippen LogP contribution is 2.15. The molecule has 1 aliphatic rings. The van der Waals surface area contributed by atoms with Crippen LogP contribution in [0.5, 0.6) is 5.75 Å². The SMILES string of the molecule is O=C(CC1CCNCC1)NCCOc1ccccc1. The molecule has 0 aliphatic carbocycles. The minimum atomic E-state index is 0.142. The van der Waals surface area contributed by atoms with Crippen LogP contribution in [0, 0.1) is 5.92 Å². The van der Waals surface area contributed by atoms with Crippen molar-refractivity contribution in [2.24, 2.45) is 5.92 Å². The molecular weight excluding hydrogens is 240 g/mol. The second-order valence-electron chi connectivity index (χ2n) is 4.91. The number of hydrogen-bond acceptors (Lipinski definition) is 3. The molecular formula is C15H22N2O2. The van der Waals surface area contributed by atoms with Gasteiger partial charge in [-0.15, -0.1) is 0 Å². The number of carbonyl (C=O) groups is 1. The zero-order valence-electron chi connectivity index (χ0n) is 11.2. The third-order valence-electron chi connectivity index (χ3n) is 3.37. The van der Waals surface area contributed by atoms with Crippen molar-refractivity contribution in [2.45, 2.75) is 19.3 Å². The molecule has 0 radical (unpaired) electrons. The van der Waals surface area contributed by atoms with Crippen LogP contribution in [-0.2, 0) is 4.79 Å². The summed E-state index contributed by atoms with van der Waals surface area (Å²) in [5, 5.41) is 6.22. The second-order valence-corrected chi connectivity index (χ2v) is 4.91. The van der Waals surface area contributed by atoms with E-state index in [1.54, 1.807) is 0 Å². The predicted octanol–water partition coefficient (Wildman–Crippen LogP) is 1.57. The summed E-state index contributed by atoms with van der Waals surface area (Å²) in [7, 11) is 0. The molecule has 4 nitrogen and oxygen atoms in total. The fourth-order valence-corrected chi connectivity index (χ4v) is 2.30. The molecule has 2 rings (SSSR count). The number of para-hydroxylation sites is 1. The average Bonchev–Trinajstić information content (AvgIpc) is 2.46. The molecule has 19 heavy (non-hydrogen) atoms. The lowest BCUT2D eigenvalue weighted by Gasteiger charge is -2.21. The van der Waals surface area contributed by atoms with Gasteiger partial charge in [-0.3, -0.25) is 4.79 Å². The van der Waals surface area contributed by atoms with Crippen LogP contribution in [0.4, 0.5) is 0 Å². The van der Waals surface area contributed by atoms with Gasteiger partial charge in [0.2, 0.25) is 5.91 Å². The monoisotopic (exact) mass is 262 g/mol. The number of piperidine rings is 1. The van der Waals surface area contributed by atoms with Crippen molar-refractivity contribution in [1.29, 1.82) is 0 Å². The molecule has 1 amide bonds. The first-order chi connectivity index (χ1) is 9.34. The van der Waals surface area contributed by atoms with E-state index in [4.69, 9.17) is 4.74 Å². The quantitative estimate of drug-likeness (QED) is 0.765. The average molecular weight is 262 g/mol. The molecule has 1 aromatic carbocycles. The Kier molecular flexibility index (Phi) is 5.69. The lowest BCUT2D eigenvalue weighted by Crippen LogP contribution is -2.33. The highest BCUT2D eigenvalue weighted by molar-refractivity contribution is 5.76. The molecule has 2 N–H and O–H groups in total. The third-order valence-corrected chi connectivity index (χ3v) is 3.37. The summed E-state index contributed by atoms with van der Waals surface area (Å²) in [6, 6.07) is 9.65. The molecule has 0 unspecified atom stereocenters. The van der Waals surface area contributed by atoms with Crippen LogP contribution in [-0.4, -0.2) is 32.1 Å². The second kappa shape index (κ2) is 7.79. The number of benzene rings is 1. The highest BCUT2D eigenvalue weighted by Gasteiger charge is 2.16. The largest absolute Gasteiger partial charge is 0.492 e. The molecule has 4 heteroatoms. The number of hydrogen-bond donors (Lipinski definition) is 2. The van der Waals surface area contributed by atoms with E-state index in [2.05, 4.69) is 10.6 Å². The molecule has 0 saturated carbocycles. The van der Waals surface area contributed by atoms with Crippen molar-refractivity contribution in [1.82, 2.24) is 10.6 Å². The molecule has 1 aromatic rings. The molecule has 0 atom stereocenters. The minimum absolute atomic E-state index is 0.142. The molecule has 104 valence electrons. The molecule has 0 spiro atoms. The molecule has 1 saturated heterocycles. The number of amides is 1. The van der Waals surface area contributed by atoms with Gasteiger partial charge in [0, 0.05) is 6.42 Å². The standard InChI is InChI=1S/C15H22N2O2/c18-15(12-13-6-8-16-9-7-13)17-10-11-19-14-4-2-1-3-5-14/h1-5,13,16H,6-12H2,(H,17,18). The maximum absolute atomic E-state index is 11.7. The predicted molar refractivity (Wildman–Crippen MR) is 75.2 cm³/mol. The van der Waals surface area contributed by atoms with E-state index in [0.717, 1.165) is 31.7 Å². The summed E-state index contributed by atoms with van der Waals surface area (Å²) < 4.78 is 5.52. The Morgan fingerprint density at radius 2 is 2.00 bits per heavy atom. The third kappa shape index (κ3) is 5.30. The number of ether oxygens (including phenoxy) is 1. The van der Waals surface area contributed by atoms with Gasteiger partial charge in [-0.1, -0.05) is 18.2 Å². The van der Waals surface area contributed by atoms with Crippen molar-refractivity contribution in [3.05, 3.63) is 30.3 Å². The number of carbonyl (C=O) groups excluding carboxylic acids is 1. The van der Waals surface area contributed by atoms with Gasteiger partial charge >= 0.3 is 0 Å². The summed E-state index contributed by atoms with van der Waals surface area (Å²) >= 11 is 0. The molecule has 1 fully saturated rings. The maximum atomic E-state index is 11.7. The highest BCUT2D eigenvalue weighted by atomic mass is 16.5. The Hall–Kier alpha value is -1.55. The van der Waals surface area contributed by atoms with Crippen LogP contribution in [0.15, 0.2) is 30.3 Å². The summed E-state index contributed by atoms with van der Waals surface area (Å²) in [5.74, 6) is 1.52. The Morgan fingerprint density at radius 1 is 1.26 bits per heavy atom. The summed E-state index contributed by atoms with van der Waals surface area (Å²) in [5.41, 5.74) is 0. The first kappa shape index (κ1) is 13.9. The van der Waals surface area contributed by atoms with Crippen LogP contribution in [0.25, 0.3) is 0 Å². The van der Waals surface area contributed by atoms with E-state index in [1.807, 2.05) is 30.3 Å². The van der Waals surface area contributed by atoms with Crippen molar-refractivity contribution in [2.75, 3.05) is 26.2 Å². The van der Waals surface area contributed by atoms with Gasteiger partial charge in [-0.05, 0) is 44.0 Å². The van der Waals surface area contributed by atoms with Crippen LogP contribution >= 0.6 is 0 Å². The molecule has 0 bridgehead atoms. The van der Waals surface area contributed by atoms with E-state index in [-0.39, 0.29) is 5.91 Å². The smallest absolute Gasteiger partial charge is 0.220 e. The van der Waals surface area contributed by atoms with Gasteiger partial charge in [-0.2, -0.15) is 0 Å². The Labute approximate surface area is 114 Å². The van der Waals surface area contributed by atoms with E-state index < -0.39 is 0 Å². The van der Waals surface area contributed by atoms with Gasteiger partial charge < -0.3 is 15.4 Å². The molecule has 1 heterocycles. The topological polar surface area (TPSA) is 50.4 Å². The summed E-state index contributed by atoms with van der Waals surface area (Å²) in [6.07, 6.45) is 2.86. The lowest BCUT2D eigenvalue weighted by molar-refractivity contribution is -0.122. The lowest BCUT2D eigenvalue weighted by atomic mass is 9.94. The van der Waals surface area contributed by atoms with Crippen molar-refractivity contribution < 1.29 is 9.53 Å². The Bertz CT molecular complexity index is 375. The first-order valence-corrected chi connectivity index (χ1v) is 7.00. The zero-order valence-corrected chi connectivity index (χ0v) is 11.2. The summed E-state index contributed by atoms with van der Waals surface area (Å²) in [4.78, 5) is 11.7. The van der Waals surface area contributed by atoms with Crippen LogP contribution < -0.4 is 15.4 Å². The minimum Gasteiger partial charge on any atom is -0.492 e. The Morgan fingerprint density at radius 3 is 2.74 bits per heavy atom. The van der Waals surface area contributed by atoms with Crippen molar-refractivity contribution in [3.8, 4) is 5.75 Å². The summed E-state index contributed by atoms with van der Waals surface area (Å²) in [6.45, 7) is 3.16. The van der Waals surface area contributed by atoms with E-state index in [0.29, 0.717) is 25.5 Å². The zero-order chi connectivity index (χ0) is 13.3. The van der Waals surface area contributed by atoms with E-state index >= 15 is 0 Å². The molecule has 1 aliphatic heterocycles. The Balaban J connectivity index is 1.56. The van der Waals surface area contributed by atoms with E-state index in [9.17, 15) is 4.79 Å². The van der Waals surface area contributed by atoms with Crippen LogP contribution in [0.1, 0.15) is 19.3 Å². The van der Waals surface area contributed by atoms with Crippen LogP contribution in [0.2, 0.25) is 0 Å². The molecule has 0 aromatic heterocycles. The van der Waals surface area contributed by atoms with Gasteiger partial charge in [0.1, 0.15) is 12.4 Å². The van der Waals surface area contributed by atoms with Gasteiger partial charge in [0.05, 0.1) is 6.54 Å². The van der Waals surface area contributed by atoms with Crippen LogP contribution in [0.3, 0.4) is 0 Å². The number of rotatable bonds is 6. The van der Waals surface area contributed by atoms with E-state index in [1.165, 1.54) is 0 Å². The van der Waals surface area contributed by atoms with Gasteiger partial charge in [-0.25, -0.2) is 0 Å². The van der Waals surface area contributed by atoms with Crippen molar-refractivity contribution in [3.63, 3.8) is 0 Å². The number of nitrogens with one attached hydrogen (secondary N) is 2. The van der Waals surface area contributed by atoms with Gasteiger partial charge in [0.25, 0.3) is 0 Å². The fourth-order valence-electron chi connectivity index (χ4n) is 2.30. The normalized spacial score (nSPS) is 16.0. The fraction of sp³-hybridized carbons (Fsp3) is 0.533. The maximum Gasteiger partial charge on any atom is 0.220 e. The van der Waals surface area contributed by atoms with Gasteiger partial charge in [0.15, 0.2) is 0 Å².